The van der Waals surface area contributed by atoms with Crippen molar-refractivity contribution in [2.45, 2.75) is 44.1 Å². The van der Waals surface area contributed by atoms with Gasteiger partial charge in [-0.2, -0.15) is 0 Å². The molecule has 0 spiro atoms. The van der Waals surface area contributed by atoms with Crippen LogP contribution in [0.2, 0.25) is 0 Å². The number of fused-ring (bicyclic) bond motifs is 1. The van der Waals surface area contributed by atoms with E-state index in [9.17, 15) is 0 Å². The van der Waals surface area contributed by atoms with Crippen LogP contribution < -0.4 is 5.32 Å². The SMILES string of the molecule is CNC(=S)N1CC[C@]23CCCN(C)[C@H](Cc4ccc(C)cc42)[C@@H]3C1. The molecule has 2 heterocycles. The van der Waals surface area contributed by atoms with Crippen molar-refractivity contribution < 1.29 is 0 Å². The molecule has 0 aromatic heterocycles. The smallest absolute Gasteiger partial charge is 0.168 e. The summed E-state index contributed by atoms with van der Waals surface area (Å²) in [7, 11) is 4.28. The van der Waals surface area contributed by atoms with Gasteiger partial charge in [-0.3, -0.25) is 0 Å². The average Bonchev–Trinajstić information content (AvgIpc) is 2.69. The second-order valence-corrected chi connectivity index (χ2v) is 8.42. The van der Waals surface area contributed by atoms with Gasteiger partial charge in [-0.25, -0.2) is 0 Å². The van der Waals surface area contributed by atoms with Gasteiger partial charge in [0.05, 0.1) is 0 Å². The van der Waals surface area contributed by atoms with Crippen molar-refractivity contribution in [1.82, 2.24) is 15.1 Å². The number of benzene rings is 1. The minimum Gasteiger partial charge on any atom is -0.366 e. The lowest BCUT2D eigenvalue weighted by atomic mass is 9.56. The van der Waals surface area contributed by atoms with Gasteiger partial charge in [-0.15, -0.1) is 0 Å². The van der Waals surface area contributed by atoms with Crippen LogP contribution in [0.5, 0.6) is 0 Å². The molecule has 1 N–H and O–H groups in total. The van der Waals surface area contributed by atoms with E-state index in [-0.39, 0.29) is 0 Å². The Balaban J connectivity index is 1.81. The van der Waals surface area contributed by atoms with Crippen molar-refractivity contribution in [1.29, 1.82) is 0 Å². The van der Waals surface area contributed by atoms with E-state index in [1.54, 1.807) is 11.1 Å². The number of nitrogens with one attached hydrogen (secondary N) is 1. The van der Waals surface area contributed by atoms with Crippen molar-refractivity contribution in [3.63, 3.8) is 0 Å². The summed E-state index contributed by atoms with van der Waals surface area (Å²) in [6.45, 7) is 5.65. The van der Waals surface area contributed by atoms with Crippen LogP contribution in [0.25, 0.3) is 0 Å². The molecule has 0 radical (unpaired) electrons. The van der Waals surface area contributed by atoms with Gasteiger partial charge in [0.25, 0.3) is 0 Å². The van der Waals surface area contributed by atoms with E-state index in [1.165, 1.54) is 37.8 Å². The molecule has 1 aromatic carbocycles. The summed E-state index contributed by atoms with van der Waals surface area (Å²) in [5, 5.41) is 4.11. The van der Waals surface area contributed by atoms with Gasteiger partial charge in [0.15, 0.2) is 5.11 Å². The molecule has 3 aliphatic rings. The van der Waals surface area contributed by atoms with Crippen LogP contribution >= 0.6 is 12.2 Å². The molecule has 4 rings (SSSR count). The van der Waals surface area contributed by atoms with Crippen LogP contribution in [-0.4, -0.2) is 54.7 Å². The normalized spacial score (nSPS) is 32.5. The maximum Gasteiger partial charge on any atom is 0.168 e. The van der Waals surface area contributed by atoms with Crippen LogP contribution in [0, 0.1) is 12.8 Å². The molecule has 2 saturated heterocycles. The Bertz CT molecular complexity index is 658. The van der Waals surface area contributed by atoms with E-state index in [0.29, 0.717) is 17.4 Å². The maximum absolute atomic E-state index is 5.56. The summed E-state index contributed by atoms with van der Waals surface area (Å²) in [5.74, 6) is 0.680. The van der Waals surface area contributed by atoms with E-state index < -0.39 is 0 Å². The van der Waals surface area contributed by atoms with Crippen LogP contribution in [0.3, 0.4) is 0 Å². The molecular weight excluding hydrogens is 314 g/mol. The zero-order valence-electron chi connectivity index (χ0n) is 15.1. The van der Waals surface area contributed by atoms with Crippen molar-refractivity contribution >= 4 is 17.3 Å². The first-order valence-electron chi connectivity index (χ1n) is 9.32. The monoisotopic (exact) mass is 343 g/mol. The van der Waals surface area contributed by atoms with Crippen LogP contribution in [0.4, 0.5) is 0 Å². The summed E-state index contributed by atoms with van der Waals surface area (Å²) in [4.78, 5) is 5.03. The second kappa shape index (κ2) is 5.99. The lowest BCUT2D eigenvalue weighted by Gasteiger charge is -2.55. The highest BCUT2D eigenvalue weighted by molar-refractivity contribution is 7.80. The highest BCUT2D eigenvalue weighted by atomic mass is 32.1. The number of likely N-dealkylation sites (N-methyl/N-ethyl adjacent to an activating group) is 1. The van der Waals surface area contributed by atoms with Crippen molar-refractivity contribution in [2.24, 2.45) is 5.92 Å². The maximum atomic E-state index is 5.56. The van der Waals surface area contributed by atoms with Crippen LogP contribution in [-0.2, 0) is 11.8 Å². The third-order valence-corrected chi connectivity index (χ3v) is 7.31. The molecule has 0 amide bonds. The quantitative estimate of drug-likeness (QED) is 0.730. The van der Waals surface area contributed by atoms with Crippen LogP contribution in [0.15, 0.2) is 18.2 Å². The van der Waals surface area contributed by atoms with E-state index in [0.717, 1.165) is 18.2 Å². The number of rotatable bonds is 0. The van der Waals surface area contributed by atoms with E-state index in [1.807, 2.05) is 7.05 Å². The van der Waals surface area contributed by atoms with E-state index in [4.69, 9.17) is 12.2 Å². The number of piperidine rings is 1. The fourth-order valence-electron chi connectivity index (χ4n) is 5.61. The predicted molar refractivity (Wildman–Crippen MR) is 104 cm³/mol. The third kappa shape index (κ3) is 2.38. The Kier molecular flexibility index (Phi) is 4.08. The molecule has 2 aliphatic heterocycles. The topological polar surface area (TPSA) is 18.5 Å². The minimum atomic E-state index is 0.356. The Hall–Kier alpha value is -1.13. The molecule has 130 valence electrons. The Labute approximate surface area is 151 Å². The summed E-state index contributed by atoms with van der Waals surface area (Å²) >= 11 is 5.56. The van der Waals surface area contributed by atoms with E-state index in [2.05, 4.69) is 47.3 Å². The second-order valence-electron chi connectivity index (χ2n) is 8.03. The number of nitrogens with zero attached hydrogens (tertiary/aromatic N) is 2. The first-order valence-corrected chi connectivity index (χ1v) is 9.73. The largest absolute Gasteiger partial charge is 0.366 e. The molecule has 3 nitrogen and oxygen atoms in total. The highest BCUT2D eigenvalue weighted by Crippen LogP contribution is 2.52. The van der Waals surface area contributed by atoms with Crippen molar-refractivity contribution in [3.05, 3.63) is 34.9 Å². The minimum absolute atomic E-state index is 0.356. The number of hydrogen-bond donors (Lipinski definition) is 1. The first kappa shape index (κ1) is 16.3. The number of thiocarbonyl (C=S) groups is 1. The molecule has 1 aromatic rings. The van der Waals surface area contributed by atoms with Gasteiger partial charge in [-0.05, 0) is 69.5 Å². The molecule has 3 atom stereocenters. The molecule has 0 unspecified atom stereocenters. The highest BCUT2D eigenvalue weighted by Gasteiger charge is 2.53. The summed E-state index contributed by atoms with van der Waals surface area (Å²) in [6.07, 6.45) is 5.07. The lowest BCUT2D eigenvalue weighted by Crippen LogP contribution is -2.60. The van der Waals surface area contributed by atoms with Gasteiger partial charge in [0.1, 0.15) is 0 Å². The molecule has 0 saturated carbocycles. The zero-order chi connectivity index (χ0) is 16.9. The molecule has 1 aliphatic carbocycles. The Morgan fingerprint density at radius 1 is 1.29 bits per heavy atom. The van der Waals surface area contributed by atoms with Gasteiger partial charge < -0.3 is 15.1 Å². The molecule has 2 bridgehead atoms. The van der Waals surface area contributed by atoms with Crippen LogP contribution in [0.1, 0.15) is 36.0 Å². The number of hydrogen-bond acceptors (Lipinski definition) is 2. The van der Waals surface area contributed by atoms with Gasteiger partial charge >= 0.3 is 0 Å². The van der Waals surface area contributed by atoms with E-state index >= 15 is 0 Å². The summed E-state index contributed by atoms with van der Waals surface area (Å²) in [6, 6.07) is 7.84. The standard InChI is InChI=1S/C20H29N3S/c1-14-5-6-15-12-18-17-13-23(19(24)21-2)10-8-20(17,16(15)11-14)7-4-9-22(18)3/h5-6,11,17-18H,4,7-10,12-13H2,1-3H3,(H,21,24)/t17-,18+,20+/m0/s1. The molecular formula is C20H29N3S. The van der Waals surface area contributed by atoms with Gasteiger partial charge in [0, 0.05) is 37.5 Å². The fourth-order valence-corrected chi connectivity index (χ4v) is 5.77. The van der Waals surface area contributed by atoms with Crippen molar-refractivity contribution in [2.75, 3.05) is 33.7 Å². The predicted octanol–water partition coefficient (Wildman–Crippen LogP) is 2.71. The third-order valence-electron chi connectivity index (χ3n) is 6.85. The average molecular weight is 344 g/mol. The van der Waals surface area contributed by atoms with Gasteiger partial charge in [-0.1, -0.05) is 23.8 Å². The first-order chi connectivity index (χ1) is 11.5. The Morgan fingerprint density at radius 3 is 2.92 bits per heavy atom. The molecule has 4 heteroatoms. The van der Waals surface area contributed by atoms with Crippen molar-refractivity contribution in [3.8, 4) is 0 Å². The summed E-state index contributed by atoms with van der Waals surface area (Å²) < 4.78 is 0. The summed E-state index contributed by atoms with van der Waals surface area (Å²) in [5.41, 5.74) is 5.02. The molecule has 24 heavy (non-hydrogen) atoms. The Morgan fingerprint density at radius 2 is 2.12 bits per heavy atom. The molecule has 2 fully saturated rings. The van der Waals surface area contributed by atoms with Gasteiger partial charge in [0.2, 0.25) is 0 Å². The fraction of sp³-hybridized carbons (Fsp3) is 0.650. The number of aryl methyl sites for hydroxylation is 1. The number of likely N-dealkylation sites (tertiary alicyclic amines) is 2. The lowest BCUT2D eigenvalue weighted by molar-refractivity contribution is 0.0586. The zero-order valence-corrected chi connectivity index (χ0v) is 16.0.